The van der Waals surface area contributed by atoms with E-state index in [-0.39, 0.29) is 53.9 Å². The van der Waals surface area contributed by atoms with Gasteiger partial charge in [-0.15, -0.1) is 0 Å². The van der Waals surface area contributed by atoms with E-state index in [9.17, 15) is 27.5 Å². The molecule has 0 bridgehead atoms. The van der Waals surface area contributed by atoms with E-state index in [2.05, 4.69) is 10.0 Å². The number of rotatable bonds is 15. The minimum absolute atomic E-state index is 0.0436. The van der Waals surface area contributed by atoms with Crippen molar-refractivity contribution >= 4 is 39.3 Å². The molecule has 0 aromatic heterocycles. The summed E-state index contributed by atoms with van der Waals surface area (Å²) in [7, 11) is -4.27. The van der Waals surface area contributed by atoms with Crippen LogP contribution in [0.25, 0.3) is 0 Å². The lowest BCUT2D eigenvalue weighted by atomic mass is 9.76. The van der Waals surface area contributed by atoms with E-state index < -0.39 is 57.4 Å². The number of nitrogens with one attached hydrogen (secondary N) is 2. The molecule has 3 aromatic rings. The molecule has 3 aromatic carbocycles. The average Bonchev–Trinajstić information content (AvgIpc) is 3.08. The van der Waals surface area contributed by atoms with E-state index in [0.29, 0.717) is 31.1 Å². The summed E-state index contributed by atoms with van der Waals surface area (Å²) < 4.78 is 69.8. The van der Waals surface area contributed by atoms with E-state index in [0.717, 1.165) is 29.8 Å². The molecule has 290 valence electrons. The average molecular weight is 779 g/mol. The molecule has 1 aliphatic heterocycles. The molecule has 1 saturated heterocycles. The normalized spacial score (nSPS) is 16.3. The van der Waals surface area contributed by atoms with Crippen molar-refractivity contribution in [3.8, 4) is 0 Å². The first-order chi connectivity index (χ1) is 24.9. The molecular weight excluding hydrogens is 730 g/mol. The Labute approximate surface area is 315 Å². The van der Waals surface area contributed by atoms with Crippen molar-refractivity contribution in [1.82, 2.24) is 9.62 Å². The van der Waals surface area contributed by atoms with Crippen LogP contribution in [-0.2, 0) is 30.7 Å². The molecule has 0 spiro atoms. The Balaban J connectivity index is 1.61. The molecule has 1 unspecified atom stereocenters. The monoisotopic (exact) mass is 778 g/mol. The van der Waals surface area contributed by atoms with Crippen LogP contribution in [0.4, 0.5) is 19.3 Å². The van der Waals surface area contributed by atoms with E-state index in [1.165, 1.54) is 30.0 Å². The fourth-order valence-corrected chi connectivity index (χ4v) is 7.77. The first-order valence-electron chi connectivity index (χ1n) is 17.5. The first-order valence-corrected chi connectivity index (χ1v) is 19.4. The molecule has 0 saturated carbocycles. The Morgan fingerprint density at radius 3 is 2.28 bits per heavy atom. The summed E-state index contributed by atoms with van der Waals surface area (Å²) in [5, 5.41) is 13.6. The van der Waals surface area contributed by atoms with Crippen LogP contribution in [0.3, 0.4) is 0 Å². The molecular formula is C38H49ClF2N4O7S. The zero-order valence-corrected chi connectivity index (χ0v) is 31.9. The molecule has 1 heterocycles. The zero-order valence-electron chi connectivity index (χ0n) is 30.4. The molecule has 1 fully saturated rings. The van der Waals surface area contributed by atoms with Crippen LogP contribution in [-0.4, -0.2) is 80.5 Å². The van der Waals surface area contributed by atoms with Gasteiger partial charge in [-0.25, -0.2) is 26.7 Å². The smallest absolute Gasteiger partial charge is 0.410 e. The van der Waals surface area contributed by atoms with Gasteiger partial charge in [0.2, 0.25) is 15.9 Å². The number of carbonyl (C=O) groups is 2. The highest BCUT2D eigenvalue weighted by atomic mass is 35.5. The van der Waals surface area contributed by atoms with Gasteiger partial charge in [-0.3, -0.25) is 4.79 Å². The Bertz CT molecular complexity index is 1790. The maximum absolute atomic E-state index is 15.6. The van der Waals surface area contributed by atoms with Gasteiger partial charge in [0.15, 0.2) is 0 Å². The number of anilines is 1. The number of amides is 2. The Kier molecular flexibility index (Phi) is 14.8. The summed E-state index contributed by atoms with van der Waals surface area (Å²) in [6, 6.07) is 13.5. The molecule has 15 heteroatoms. The number of aliphatic hydroxyl groups excluding tert-OH is 1. The lowest BCUT2D eigenvalue weighted by molar-refractivity contribution is -0.118. The number of hydrogen-bond acceptors (Lipinski definition) is 8. The first kappa shape index (κ1) is 42.1. The van der Waals surface area contributed by atoms with E-state index in [4.69, 9.17) is 26.8 Å². The van der Waals surface area contributed by atoms with Crippen LogP contribution in [0.2, 0.25) is 5.02 Å². The van der Waals surface area contributed by atoms with Gasteiger partial charge in [-0.1, -0.05) is 29.8 Å². The predicted molar refractivity (Wildman–Crippen MR) is 199 cm³/mol. The summed E-state index contributed by atoms with van der Waals surface area (Å²) in [4.78, 5) is 28.0. The number of carbonyl (C=O) groups excluding carboxylic acids is 2. The van der Waals surface area contributed by atoms with Gasteiger partial charge < -0.3 is 30.5 Å². The van der Waals surface area contributed by atoms with Gasteiger partial charge in [-0.2, -0.15) is 0 Å². The zero-order chi connectivity index (χ0) is 38.9. The van der Waals surface area contributed by atoms with Crippen LogP contribution in [0.15, 0.2) is 71.6 Å². The van der Waals surface area contributed by atoms with Gasteiger partial charge in [0.1, 0.15) is 17.2 Å². The number of sulfonamides is 1. The Morgan fingerprint density at radius 2 is 1.68 bits per heavy atom. The third-order valence-electron chi connectivity index (χ3n) is 8.86. The highest BCUT2D eigenvalue weighted by Crippen LogP contribution is 2.35. The molecule has 53 heavy (non-hydrogen) atoms. The number of nitrogens with two attached hydrogens (primary N) is 1. The van der Waals surface area contributed by atoms with Gasteiger partial charge in [-0.05, 0) is 113 Å². The van der Waals surface area contributed by atoms with Gasteiger partial charge >= 0.3 is 6.09 Å². The van der Waals surface area contributed by atoms with Crippen molar-refractivity contribution in [2.45, 2.75) is 88.0 Å². The number of benzene rings is 3. The second kappa shape index (κ2) is 18.6. The number of halogens is 3. The number of aliphatic hydroxyl groups is 1. The van der Waals surface area contributed by atoms with Crippen molar-refractivity contribution in [3.63, 3.8) is 0 Å². The minimum Gasteiger partial charge on any atom is -0.444 e. The summed E-state index contributed by atoms with van der Waals surface area (Å²) in [6.07, 6.45) is -0.547. The van der Waals surface area contributed by atoms with Crippen LogP contribution < -0.4 is 15.8 Å². The molecule has 1 aliphatic rings. The number of ether oxygens (including phenoxy) is 2. The van der Waals surface area contributed by atoms with E-state index >= 15 is 4.39 Å². The van der Waals surface area contributed by atoms with Crippen LogP contribution >= 0.6 is 11.6 Å². The molecule has 4 atom stereocenters. The summed E-state index contributed by atoms with van der Waals surface area (Å²) >= 11 is 6.14. The number of hydrogen-bond donors (Lipinski definition) is 4. The van der Waals surface area contributed by atoms with Gasteiger partial charge in [0, 0.05) is 54.5 Å². The summed E-state index contributed by atoms with van der Waals surface area (Å²) in [5.74, 6) is -2.16. The highest BCUT2D eigenvalue weighted by molar-refractivity contribution is 7.89. The second-order valence-electron chi connectivity index (χ2n) is 14.4. The maximum Gasteiger partial charge on any atom is 0.410 e. The fraction of sp³-hybridized carbons (Fsp3) is 0.474. The third-order valence-corrected chi connectivity index (χ3v) is 10.6. The van der Waals surface area contributed by atoms with E-state index in [1.807, 2.05) is 12.1 Å². The van der Waals surface area contributed by atoms with Crippen LogP contribution in [0.1, 0.15) is 64.0 Å². The third kappa shape index (κ3) is 12.4. The largest absolute Gasteiger partial charge is 0.444 e. The summed E-state index contributed by atoms with van der Waals surface area (Å²) in [6.45, 7) is 7.08. The van der Waals surface area contributed by atoms with Crippen molar-refractivity contribution in [3.05, 3.63) is 94.5 Å². The fourth-order valence-electron chi connectivity index (χ4n) is 6.38. The van der Waals surface area contributed by atoms with Crippen molar-refractivity contribution in [2.24, 2.45) is 11.7 Å². The van der Waals surface area contributed by atoms with Gasteiger partial charge in [0.25, 0.3) is 0 Å². The van der Waals surface area contributed by atoms with Crippen LogP contribution in [0.5, 0.6) is 0 Å². The number of nitrogens with zero attached hydrogens (tertiary/aromatic N) is 1. The van der Waals surface area contributed by atoms with Crippen molar-refractivity contribution in [1.29, 1.82) is 0 Å². The standard InChI is InChI=1S/C38H49ClF2N4O7S/c1-24(46)22-45(37(48)52-38(2,3)4)23-29(44-53(49,50)30-15-12-28(40)13-16-30)14-17-31-32(41)6-5-7-33(31)43-36(47)35(42)34(26-18-20-51-21-19-26)25-8-10-27(39)11-9-25/h5-13,15-16,24,26,29,34-35,44,46H,14,17-23,42H2,1-4H3,(H,43,47)/t24-,29-,34?,35-/m0/s1. The lowest BCUT2D eigenvalue weighted by Gasteiger charge is -2.34. The molecule has 11 nitrogen and oxygen atoms in total. The van der Waals surface area contributed by atoms with Crippen molar-refractivity contribution in [2.75, 3.05) is 31.6 Å². The molecule has 0 aliphatic carbocycles. The Morgan fingerprint density at radius 1 is 1.04 bits per heavy atom. The van der Waals surface area contributed by atoms with E-state index in [1.54, 1.807) is 32.9 Å². The quantitative estimate of drug-likeness (QED) is 0.146. The predicted octanol–water partition coefficient (Wildman–Crippen LogP) is 5.99. The molecule has 4 rings (SSSR count). The highest BCUT2D eigenvalue weighted by Gasteiger charge is 2.35. The maximum atomic E-state index is 15.6. The SMILES string of the molecule is C[C@H](O)CN(C[C@H](CCc1c(F)cccc1NC(=O)[C@@H](N)C(c1ccc(Cl)cc1)C1CCOCC1)NS(=O)(=O)c1ccc(F)cc1)C(=O)OC(C)(C)C. The topological polar surface area (TPSA) is 160 Å². The minimum atomic E-state index is -4.27. The lowest BCUT2D eigenvalue weighted by Crippen LogP contribution is -2.49. The second-order valence-corrected chi connectivity index (χ2v) is 16.5. The molecule has 2 amide bonds. The molecule has 5 N–H and O–H groups in total. The molecule has 0 radical (unpaired) electrons. The van der Waals surface area contributed by atoms with Crippen molar-refractivity contribution < 1.29 is 41.4 Å². The van der Waals surface area contributed by atoms with Gasteiger partial charge in [0.05, 0.1) is 17.0 Å². The summed E-state index contributed by atoms with van der Waals surface area (Å²) in [5.41, 5.74) is 6.86. The van der Waals surface area contributed by atoms with Crippen LogP contribution in [0, 0.1) is 17.6 Å². The Hall–Kier alpha value is -3.66.